The van der Waals surface area contributed by atoms with Gasteiger partial charge in [0.25, 0.3) is 5.91 Å². The van der Waals surface area contributed by atoms with E-state index in [1.165, 1.54) is 5.56 Å². The number of rotatable bonds is 7. The lowest BCUT2D eigenvalue weighted by Gasteiger charge is -2.19. The predicted molar refractivity (Wildman–Crippen MR) is 130 cm³/mol. The van der Waals surface area contributed by atoms with Gasteiger partial charge in [-0.05, 0) is 48.4 Å². The number of fused-ring (bicyclic) bond motifs is 1. The Morgan fingerprint density at radius 3 is 2.56 bits per heavy atom. The minimum Gasteiger partial charge on any atom is -0.487 e. The van der Waals surface area contributed by atoms with Gasteiger partial charge in [-0.15, -0.1) is 0 Å². The van der Waals surface area contributed by atoms with E-state index in [4.69, 9.17) is 4.74 Å². The number of nitrogens with zero attached hydrogens (tertiary/aromatic N) is 4. The Kier molecular flexibility index (Phi) is 5.82. The second-order valence-corrected chi connectivity index (χ2v) is 8.23. The number of amides is 1. The fourth-order valence-electron chi connectivity index (χ4n) is 3.90. The molecule has 0 aliphatic rings. The molecule has 0 aliphatic heterocycles. The van der Waals surface area contributed by atoms with E-state index in [1.807, 2.05) is 84.0 Å². The lowest BCUT2D eigenvalue weighted by molar-refractivity contribution is 0.0941. The van der Waals surface area contributed by atoms with Gasteiger partial charge in [0.15, 0.2) is 0 Å². The molecule has 3 aromatic heterocycles. The van der Waals surface area contributed by atoms with Crippen molar-refractivity contribution in [3.8, 4) is 5.75 Å². The third-order valence-corrected chi connectivity index (χ3v) is 5.68. The van der Waals surface area contributed by atoms with E-state index in [0.29, 0.717) is 17.9 Å². The summed E-state index contributed by atoms with van der Waals surface area (Å²) in [5, 5.41) is 3.11. The summed E-state index contributed by atoms with van der Waals surface area (Å²) in [6.45, 7) is 2.40. The van der Waals surface area contributed by atoms with Crippen LogP contribution in [-0.4, -0.2) is 24.8 Å². The Labute approximate surface area is 197 Å². The summed E-state index contributed by atoms with van der Waals surface area (Å²) in [5.41, 5.74) is 4.41. The van der Waals surface area contributed by atoms with E-state index in [-0.39, 0.29) is 11.9 Å². The van der Waals surface area contributed by atoms with Crippen LogP contribution in [0.25, 0.3) is 5.65 Å². The maximum Gasteiger partial charge on any atom is 0.252 e. The molecular weight excluding hydrogens is 426 g/mol. The van der Waals surface area contributed by atoms with Crippen molar-refractivity contribution >= 4 is 11.6 Å². The van der Waals surface area contributed by atoms with Crippen molar-refractivity contribution in [3.05, 3.63) is 120 Å². The van der Waals surface area contributed by atoms with Crippen LogP contribution in [0.2, 0.25) is 0 Å². The normalized spacial score (nSPS) is 11.9. The van der Waals surface area contributed by atoms with Gasteiger partial charge in [0.2, 0.25) is 0 Å². The fourth-order valence-corrected chi connectivity index (χ4v) is 3.90. The van der Waals surface area contributed by atoms with Gasteiger partial charge >= 0.3 is 0 Å². The first-order valence-corrected chi connectivity index (χ1v) is 11.1. The van der Waals surface area contributed by atoms with Gasteiger partial charge in [-0.1, -0.05) is 36.4 Å². The van der Waals surface area contributed by atoms with Gasteiger partial charge in [-0.25, -0.2) is 9.97 Å². The third-order valence-electron chi connectivity index (χ3n) is 5.68. The fraction of sp³-hybridized carbons (Fsp3) is 0.148. The van der Waals surface area contributed by atoms with Gasteiger partial charge < -0.3 is 19.0 Å². The smallest absolute Gasteiger partial charge is 0.252 e. The largest absolute Gasteiger partial charge is 0.487 e. The number of aromatic nitrogens is 4. The highest BCUT2D eigenvalue weighted by molar-refractivity contribution is 5.94. The lowest BCUT2D eigenvalue weighted by Crippen LogP contribution is -2.31. The van der Waals surface area contributed by atoms with Crippen molar-refractivity contribution in [2.24, 2.45) is 7.05 Å². The van der Waals surface area contributed by atoms with Crippen molar-refractivity contribution in [1.82, 2.24) is 24.3 Å². The molecule has 0 saturated heterocycles. The van der Waals surface area contributed by atoms with Crippen LogP contribution in [0.1, 0.15) is 39.0 Å². The molecule has 3 heterocycles. The van der Waals surface area contributed by atoms with E-state index in [0.717, 1.165) is 22.7 Å². The molecular formula is C27H25N5O2. The van der Waals surface area contributed by atoms with Crippen molar-refractivity contribution < 1.29 is 9.53 Å². The minimum atomic E-state index is -0.358. The Bertz CT molecular complexity index is 1420. The number of hydrogen-bond donors (Lipinski definition) is 1. The maximum atomic E-state index is 13.1. The molecule has 0 spiro atoms. The predicted octanol–water partition coefficient (Wildman–Crippen LogP) is 4.47. The zero-order valence-corrected chi connectivity index (χ0v) is 19.1. The molecule has 0 fully saturated rings. The first-order chi connectivity index (χ1) is 16.6. The number of carbonyl (C=O) groups excluding carboxylic acids is 1. The molecule has 0 aliphatic carbocycles. The van der Waals surface area contributed by atoms with E-state index in [9.17, 15) is 4.79 Å². The number of ether oxygens (including phenoxy) is 1. The Balaban J connectivity index is 1.27. The highest BCUT2D eigenvalue weighted by atomic mass is 16.5. The van der Waals surface area contributed by atoms with Crippen LogP contribution in [0.3, 0.4) is 0 Å². The number of pyridine rings is 1. The average Bonchev–Trinajstić information content (AvgIpc) is 3.47. The highest BCUT2D eigenvalue weighted by Gasteiger charge is 2.21. The molecule has 1 N–H and O–H groups in total. The maximum absolute atomic E-state index is 13.1. The Morgan fingerprint density at radius 1 is 1.03 bits per heavy atom. The molecule has 7 heteroatoms. The molecule has 0 bridgehead atoms. The Hall–Kier alpha value is -4.39. The molecule has 170 valence electrons. The van der Waals surface area contributed by atoms with E-state index in [2.05, 4.69) is 15.3 Å². The monoisotopic (exact) mass is 451 g/mol. The number of nitrogens with one attached hydrogen (secondary N) is 1. The molecule has 0 saturated carbocycles. The van der Waals surface area contributed by atoms with Crippen LogP contribution < -0.4 is 10.1 Å². The van der Waals surface area contributed by atoms with Crippen molar-refractivity contribution in [2.45, 2.75) is 19.6 Å². The SMILES string of the molecule is Cc1ccc2nc(COc3ccc(C(=O)N[C@H](c4ccccc4)c4nccn4C)cc3)cn2c1. The molecule has 1 atom stereocenters. The third kappa shape index (κ3) is 4.54. The topological polar surface area (TPSA) is 73.4 Å². The van der Waals surface area contributed by atoms with Crippen LogP contribution in [-0.2, 0) is 13.7 Å². The summed E-state index contributed by atoms with van der Waals surface area (Å²) in [6.07, 6.45) is 7.60. The van der Waals surface area contributed by atoms with E-state index < -0.39 is 0 Å². The molecule has 1 amide bonds. The van der Waals surface area contributed by atoms with E-state index in [1.54, 1.807) is 30.5 Å². The number of benzene rings is 2. The van der Waals surface area contributed by atoms with Gasteiger partial charge in [0, 0.05) is 37.4 Å². The van der Waals surface area contributed by atoms with Crippen molar-refractivity contribution in [2.75, 3.05) is 0 Å². The first-order valence-electron chi connectivity index (χ1n) is 11.1. The zero-order valence-electron chi connectivity index (χ0n) is 19.1. The Morgan fingerprint density at radius 2 is 1.82 bits per heavy atom. The molecule has 0 radical (unpaired) electrons. The summed E-state index contributed by atoms with van der Waals surface area (Å²) in [5.74, 6) is 1.26. The van der Waals surface area contributed by atoms with Crippen molar-refractivity contribution in [3.63, 3.8) is 0 Å². The summed E-state index contributed by atoms with van der Waals surface area (Å²) in [4.78, 5) is 22.1. The molecule has 34 heavy (non-hydrogen) atoms. The molecule has 0 unspecified atom stereocenters. The number of imidazole rings is 2. The lowest BCUT2D eigenvalue weighted by atomic mass is 10.1. The standard InChI is InChI=1S/C27H25N5O2/c1-19-8-13-24-29-22(17-32(24)16-19)18-34-23-11-9-21(10-12-23)27(33)30-25(20-6-4-3-5-7-20)26-28-14-15-31(26)2/h3-17,25H,18H2,1-2H3,(H,30,33)/t25-/m1/s1. The van der Waals surface area contributed by atoms with Crippen LogP contribution in [0.15, 0.2) is 91.5 Å². The molecule has 5 rings (SSSR count). The van der Waals surface area contributed by atoms with Gasteiger partial charge in [0.1, 0.15) is 29.9 Å². The van der Waals surface area contributed by atoms with E-state index >= 15 is 0 Å². The van der Waals surface area contributed by atoms with Crippen LogP contribution >= 0.6 is 0 Å². The van der Waals surface area contributed by atoms with Crippen LogP contribution in [0.5, 0.6) is 5.75 Å². The summed E-state index contributed by atoms with van der Waals surface area (Å²) >= 11 is 0. The van der Waals surface area contributed by atoms with Gasteiger partial charge in [-0.2, -0.15) is 0 Å². The second kappa shape index (κ2) is 9.23. The molecule has 2 aromatic carbocycles. The van der Waals surface area contributed by atoms with Gasteiger partial charge in [0.05, 0.1) is 5.69 Å². The van der Waals surface area contributed by atoms with Crippen molar-refractivity contribution in [1.29, 1.82) is 0 Å². The second-order valence-electron chi connectivity index (χ2n) is 8.23. The summed E-state index contributed by atoms with van der Waals surface area (Å²) in [7, 11) is 1.92. The first kappa shape index (κ1) is 21.5. The quantitative estimate of drug-likeness (QED) is 0.396. The average molecular weight is 452 g/mol. The molecule has 7 nitrogen and oxygen atoms in total. The van der Waals surface area contributed by atoms with Gasteiger partial charge in [-0.3, -0.25) is 4.79 Å². The minimum absolute atomic E-state index is 0.181. The number of carbonyl (C=O) groups is 1. The van der Waals surface area contributed by atoms with Crippen LogP contribution in [0.4, 0.5) is 0 Å². The van der Waals surface area contributed by atoms with Crippen LogP contribution in [0, 0.1) is 6.92 Å². The highest BCUT2D eigenvalue weighted by Crippen LogP contribution is 2.22. The zero-order chi connectivity index (χ0) is 23.5. The number of aryl methyl sites for hydroxylation is 2. The molecule has 5 aromatic rings. The summed E-state index contributed by atoms with van der Waals surface area (Å²) < 4.78 is 9.80. The number of hydrogen-bond acceptors (Lipinski definition) is 4. The summed E-state index contributed by atoms with van der Waals surface area (Å²) in [6, 6.07) is 20.6.